The normalized spacial score (nSPS) is 12.4. The smallest absolute Gasteiger partial charge is 0.306 e. The molecule has 0 spiro atoms. The minimum absolute atomic E-state index is 0.0832. The molecule has 0 radical (unpaired) electrons. The summed E-state index contributed by atoms with van der Waals surface area (Å²) >= 11 is 0. The summed E-state index contributed by atoms with van der Waals surface area (Å²) in [6.45, 7) is 6.60. The van der Waals surface area contributed by atoms with Crippen molar-refractivity contribution in [3.05, 3.63) is 60.8 Å². The number of rotatable bonds is 55. The molecule has 0 fully saturated rings. The van der Waals surface area contributed by atoms with E-state index in [1.165, 1.54) is 173 Å². The number of allylic oxidation sites excluding steroid dienone is 10. The highest BCUT2D eigenvalue weighted by Crippen LogP contribution is 2.16. The molecule has 0 aliphatic carbocycles. The fourth-order valence-corrected chi connectivity index (χ4v) is 8.66. The van der Waals surface area contributed by atoms with Crippen LogP contribution in [0.25, 0.3) is 0 Å². The van der Waals surface area contributed by atoms with Crippen LogP contribution in [-0.2, 0) is 28.6 Å². The number of carbonyl (C=O) groups excluding carboxylic acids is 3. The molecule has 0 aliphatic rings. The lowest BCUT2D eigenvalue weighted by Crippen LogP contribution is -2.30. The van der Waals surface area contributed by atoms with Gasteiger partial charge in [-0.25, -0.2) is 0 Å². The summed E-state index contributed by atoms with van der Waals surface area (Å²) in [5.41, 5.74) is 0. The summed E-state index contributed by atoms with van der Waals surface area (Å²) in [4.78, 5) is 38.2. The summed E-state index contributed by atoms with van der Waals surface area (Å²) in [5.74, 6) is -0.893. The maximum absolute atomic E-state index is 12.9. The van der Waals surface area contributed by atoms with E-state index in [9.17, 15) is 14.4 Å². The molecule has 0 aliphatic heterocycles. The van der Waals surface area contributed by atoms with E-state index in [0.717, 1.165) is 96.3 Å². The van der Waals surface area contributed by atoms with Gasteiger partial charge in [-0.2, -0.15) is 0 Å². The summed E-state index contributed by atoms with van der Waals surface area (Å²) in [6, 6.07) is 0. The van der Waals surface area contributed by atoms with Crippen molar-refractivity contribution in [2.45, 2.75) is 316 Å². The molecule has 0 aromatic rings. The zero-order valence-electron chi connectivity index (χ0n) is 46.5. The zero-order chi connectivity index (χ0) is 50.7. The lowest BCUT2D eigenvalue weighted by atomic mass is 10.0. The molecule has 0 rings (SSSR count). The third kappa shape index (κ3) is 56.0. The second kappa shape index (κ2) is 58.7. The van der Waals surface area contributed by atoms with E-state index < -0.39 is 6.10 Å². The van der Waals surface area contributed by atoms with Crippen LogP contribution in [0.4, 0.5) is 0 Å². The second-order valence-corrected chi connectivity index (χ2v) is 20.3. The van der Waals surface area contributed by atoms with Crippen LogP contribution in [-0.4, -0.2) is 37.2 Å². The minimum Gasteiger partial charge on any atom is -0.462 e. The molecule has 406 valence electrons. The van der Waals surface area contributed by atoms with Gasteiger partial charge in [0.05, 0.1) is 0 Å². The Morgan fingerprint density at radius 1 is 0.286 bits per heavy atom. The molecule has 0 bridgehead atoms. The van der Waals surface area contributed by atoms with Crippen molar-refractivity contribution in [1.82, 2.24) is 0 Å². The molecule has 0 aromatic carbocycles. The summed E-state index contributed by atoms with van der Waals surface area (Å²) in [5, 5.41) is 0. The molecule has 1 atom stereocenters. The number of unbranched alkanes of at least 4 members (excludes halogenated alkanes) is 34. The maximum Gasteiger partial charge on any atom is 0.306 e. The van der Waals surface area contributed by atoms with Gasteiger partial charge in [0.15, 0.2) is 6.10 Å². The van der Waals surface area contributed by atoms with Crippen LogP contribution in [0.1, 0.15) is 310 Å². The van der Waals surface area contributed by atoms with E-state index in [1.807, 2.05) is 0 Å². The largest absolute Gasteiger partial charge is 0.462 e. The predicted octanol–water partition coefficient (Wildman–Crippen LogP) is 20.4. The second-order valence-electron chi connectivity index (χ2n) is 20.3. The van der Waals surface area contributed by atoms with Crippen molar-refractivity contribution in [3.8, 4) is 0 Å². The highest BCUT2D eigenvalue weighted by molar-refractivity contribution is 5.71. The maximum atomic E-state index is 12.9. The molecule has 6 heteroatoms. The first-order valence-corrected chi connectivity index (χ1v) is 30.3. The van der Waals surface area contributed by atoms with E-state index in [0.29, 0.717) is 19.3 Å². The van der Waals surface area contributed by atoms with Gasteiger partial charge in [-0.15, -0.1) is 0 Å². The Bertz CT molecular complexity index is 1260. The molecule has 0 amide bonds. The third-order valence-corrected chi connectivity index (χ3v) is 13.2. The van der Waals surface area contributed by atoms with Crippen molar-refractivity contribution in [1.29, 1.82) is 0 Å². The van der Waals surface area contributed by atoms with Crippen molar-refractivity contribution >= 4 is 17.9 Å². The van der Waals surface area contributed by atoms with E-state index in [2.05, 4.69) is 81.5 Å². The number of hydrogen-bond donors (Lipinski definition) is 0. The van der Waals surface area contributed by atoms with Gasteiger partial charge < -0.3 is 14.2 Å². The average molecular weight is 980 g/mol. The van der Waals surface area contributed by atoms with E-state index in [-0.39, 0.29) is 31.1 Å². The first kappa shape index (κ1) is 67.1. The van der Waals surface area contributed by atoms with Gasteiger partial charge >= 0.3 is 17.9 Å². The van der Waals surface area contributed by atoms with Crippen LogP contribution in [0.3, 0.4) is 0 Å². The number of hydrogen-bond acceptors (Lipinski definition) is 6. The van der Waals surface area contributed by atoms with Gasteiger partial charge in [-0.1, -0.05) is 261 Å². The minimum atomic E-state index is -0.784. The highest BCUT2D eigenvalue weighted by Gasteiger charge is 2.19. The number of esters is 3. The number of carbonyl (C=O) groups is 3. The van der Waals surface area contributed by atoms with Gasteiger partial charge in [-0.05, 0) is 89.9 Å². The number of ether oxygens (including phenoxy) is 3. The average Bonchev–Trinajstić information content (AvgIpc) is 3.36. The van der Waals surface area contributed by atoms with Crippen LogP contribution in [0, 0.1) is 0 Å². The highest BCUT2D eigenvalue weighted by atomic mass is 16.6. The van der Waals surface area contributed by atoms with Crippen LogP contribution in [0.15, 0.2) is 60.8 Å². The van der Waals surface area contributed by atoms with Crippen molar-refractivity contribution in [2.24, 2.45) is 0 Å². The Kier molecular flexibility index (Phi) is 56.3. The first-order chi connectivity index (χ1) is 34.5. The molecule has 0 aromatic heterocycles. The quantitative estimate of drug-likeness (QED) is 0.0261. The molecule has 70 heavy (non-hydrogen) atoms. The zero-order valence-corrected chi connectivity index (χ0v) is 46.5. The van der Waals surface area contributed by atoms with E-state index in [1.54, 1.807) is 0 Å². The van der Waals surface area contributed by atoms with Gasteiger partial charge in [0, 0.05) is 19.3 Å². The van der Waals surface area contributed by atoms with Crippen LogP contribution in [0.2, 0.25) is 0 Å². The molecule has 0 saturated heterocycles. The lowest BCUT2D eigenvalue weighted by Gasteiger charge is -2.18. The summed E-state index contributed by atoms with van der Waals surface area (Å²) in [6.07, 6.45) is 73.5. The first-order valence-electron chi connectivity index (χ1n) is 30.3. The van der Waals surface area contributed by atoms with Crippen molar-refractivity contribution in [3.63, 3.8) is 0 Å². The van der Waals surface area contributed by atoms with Crippen molar-refractivity contribution < 1.29 is 28.6 Å². The molecule has 0 saturated carbocycles. The molecule has 0 unspecified atom stereocenters. The molecular formula is C64H114O6. The SMILES string of the molecule is CCCCC/C=C\C/C=C\C/C=C\CCCCCCCCC(=O)OC[C@@H](COC(=O)CCCCCCC/C=C\C/C=C\CCCCC)OC(=O)CCCCCCCCCCCCCCCCCCCC. The standard InChI is InChI=1S/C64H114O6/c1-4-7-10-13-16-19-22-25-28-30-32-34-36-39-42-45-48-51-54-57-63(66)69-60-61(59-68-62(65)56-53-50-47-44-41-38-35-27-24-21-18-15-12-9-6-3)70-64(67)58-55-52-49-46-43-40-37-33-31-29-26-23-20-17-14-11-8-5-2/h16,18-19,21,25,27-28,32,34-35,61H,4-15,17,20,22-24,26,29-31,33,36-60H2,1-3H3/b19-16-,21-18-,28-25-,34-32-,35-27-/t61-/m1/s1. The van der Waals surface area contributed by atoms with Crippen LogP contribution >= 0.6 is 0 Å². The summed E-state index contributed by atoms with van der Waals surface area (Å²) < 4.78 is 16.9. The topological polar surface area (TPSA) is 78.9 Å². The fourth-order valence-electron chi connectivity index (χ4n) is 8.66. The molecule has 0 N–H and O–H groups in total. The molecular weight excluding hydrogens is 865 g/mol. The van der Waals surface area contributed by atoms with Gasteiger partial charge in [0.2, 0.25) is 0 Å². The van der Waals surface area contributed by atoms with Gasteiger partial charge in [0.25, 0.3) is 0 Å². The van der Waals surface area contributed by atoms with Crippen LogP contribution in [0.5, 0.6) is 0 Å². The van der Waals surface area contributed by atoms with E-state index >= 15 is 0 Å². The fraction of sp³-hybridized carbons (Fsp3) is 0.797. The Hall–Kier alpha value is -2.89. The summed E-state index contributed by atoms with van der Waals surface area (Å²) in [7, 11) is 0. The molecule has 0 heterocycles. The van der Waals surface area contributed by atoms with Crippen molar-refractivity contribution in [2.75, 3.05) is 13.2 Å². The Balaban J connectivity index is 4.39. The molecule has 6 nitrogen and oxygen atoms in total. The third-order valence-electron chi connectivity index (χ3n) is 13.2. The van der Waals surface area contributed by atoms with Crippen LogP contribution < -0.4 is 0 Å². The Morgan fingerprint density at radius 2 is 0.514 bits per heavy atom. The Labute approximate surface area is 434 Å². The van der Waals surface area contributed by atoms with Gasteiger partial charge in [0.1, 0.15) is 13.2 Å². The lowest BCUT2D eigenvalue weighted by molar-refractivity contribution is -0.167. The predicted molar refractivity (Wildman–Crippen MR) is 302 cm³/mol. The monoisotopic (exact) mass is 979 g/mol. The van der Waals surface area contributed by atoms with Gasteiger partial charge in [-0.3, -0.25) is 14.4 Å². The Morgan fingerprint density at radius 3 is 0.829 bits per heavy atom. The van der Waals surface area contributed by atoms with E-state index in [4.69, 9.17) is 14.2 Å².